The van der Waals surface area contributed by atoms with Crippen molar-refractivity contribution in [1.29, 1.82) is 0 Å². The highest BCUT2D eigenvalue weighted by Crippen LogP contribution is 2.01. The highest BCUT2D eigenvalue weighted by molar-refractivity contribution is 7.80. The lowest BCUT2D eigenvalue weighted by molar-refractivity contribution is -0.140. The number of aliphatic carboxylic acids is 2. The maximum absolute atomic E-state index is 10.8. The molecule has 0 saturated carbocycles. The highest BCUT2D eigenvalue weighted by Gasteiger charge is 2.17. The number of hydrogen-bond acceptors (Lipinski definition) is 3. The fraction of sp³-hybridized carbons (Fsp3) is 0.667. The van der Waals surface area contributed by atoms with Gasteiger partial charge in [0.05, 0.1) is 0 Å². The van der Waals surface area contributed by atoms with Gasteiger partial charge in [0.25, 0.3) is 0 Å². The van der Waals surface area contributed by atoms with Gasteiger partial charge >= 0.3 is 11.9 Å². The van der Waals surface area contributed by atoms with Gasteiger partial charge in [0.1, 0.15) is 6.04 Å². The van der Waals surface area contributed by atoms with Gasteiger partial charge in [-0.3, -0.25) is 4.79 Å². The molecule has 0 radical (unpaired) electrons. The molecule has 0 bridgehead atoms. The van der Waals surface area contributed by atoms with Crippen LogP contribution in [0.2, 0.25) is 0 Å². The molecule has 0 aromatic heterocycles. The Kier molecular flexibility index (Phi) is 7.19. The largest absolute Gasteiger partial charge is 0.481 e. The lowest BCUT2D eigenvalue weighted by Gasteiger charge is -2.16. The smallest absolute Gasteiger partial charge is 0.326 e. The number of carboxylic acids is 2. The number of nitrogens with one attached hydrogen (secondary N) is 2. The molecule has 1 unspecified atom stereocenters. The van der Waals surface area contributed by atoms with Crippen LogP contribution in [0.25, 0.3) is 0 Å². The van der Waals surface area contributed by atoms with E-state index in [-0.39, 0.29) is 18.0 Å². The Morgan fingerprint density at radius 1 is 1.38 bits per heavy atom. The maximum Gasteiger partial charge on any atom is 0.326 e. The predicted molar refractivity (Wildman–Crippen MR) is 62.3 cm³/mol. The van der Waals surface area contributed by atoms with E-state index in [0.717, 1.165) is 0 Å². The molecule has 0 aliphatic carbocycles. The van der Waals surface area contributed by atoms with Crippen molar-refractivity contribution in [1.82, 2.24) is 10.6 Å². The molecule has 4 N–H and O–H groups in total. The maximum atomic E-state index is 10.8. The van der Waals surface area contributed by atoms with Crippen LogP contribution in [0.5, 0.6) is 0 Å². The van der Waals surface area contributed by atoms with Crippen LogP contribution in [0.15, 0.2) is 0 Å². The molecular weight excluding hydrogens is 232 g/mol. The van der Waals surface area contributed by atoms with Crippen LogP contribution in [-0.4, -0.2) is 39.9 Å². The molecule has 0 aromatic carbocycles. The van der Waals surface area contributed by atoms with Gasteiger partial charge in [-0.25, -0.2) is 4.79 Å². The van der Waals surface area contributed by atoms with Crippen molar-refractivity contribution >= 4 is 29.3 Å². The molecule has 0 aliphatic heterocycles. The molecule has 0 amide bonds. The van der Waals surface area contributed by atoms with E-state index in [1.807, 2.05) is 6.92 Å². The summed E-state index contributed by atoms with van der Waals surface area (Å²) in [6, 6.07) is -0.842. The second-order valence-corrected chi connectivity index (χ2v) is 3.59. The zero-order valence-electron chi connectivity index (χ0n) is 9.02. The number of thiocarbonyl (C=S) groups is 1. The summed E-state index contributed by atoms with van der Waals surface area (Å²) in [5, 5.41) is 22.9. The molecule has 0 spiro atoms. The van der Waals surface area contributed by atoms with Crippen molar-refractivity contribution in [3.63, 3.8) is 0 Å². The minimum atomic E-state index is -1.04. The molecule has 6 nitrogen and oxygen atoms in total. The monoisotopic (exact) mass is 248 g/mol. The summed E-state index contributed by atoms with van der Waals surface area (Å²) < 4.78 is 0. The molecule has 0 aromatic rings. The molecule has 0 aliphatic rings. The number of hydrogen-bond donors (Lipinski definition) is 4. The van der Waals surface area contributed by atoms with E-state index in [9.17, 15) is 9.59 Å². The fourth-order valence-electron chi connectivity index (χ4n) is 1.08. The first-order valence-corrected chi connectivity index (χ1v) is 5.37. The Bertz CT molecular complexity index is 270. The Balaban J connectivity index is 4.02. The van der Waals surface area contributed by atoms with Crippen molar-refractivity contribution < 1.29 is 19.8 Å². The van der Waals surface area contributed by atoms with E-state index < -0.39 is 18.0 Å². The highest BCUT2D eigenvalue weighted by atomic mass is 32.1. The fourth-order valence-corrected chi connectivity index (χ4v) is 1.37. The van der Waals surface area contributed by atoms with Gasteiger partial charge < -0.3 is 20.8 Å². The zero-order chi connectivity index (χ0) is 12.6. The van der Waals surface area contributed by atoms with Crippen molar-refractivity contribution in [2.45, 2.75) is 32.2 Å². The second kappa shape index (κ2) is 7.86. The quantitative estimate of drug-likeness (QED) is 0.477. The molecule has 1 atom stereocenters. The van der Waals surface area contributed by atoms with Gasteiger partial charge in [-0.15, -0.1) is 0 Å². The summed E-state index contributed by atoms with van der Waals surface area (Å²) in [5.74, 6) is -1.97. The van der Waals surface area contributed by atoms with E-state index in [4.69, 9.17) is 22.4 Å². The third-order valence-electron chi connectivity index (χ3n) is 1.82. The van der Waals surface area contributed by atoms with E-state index in [1.54, 1.807) is 0 Å². The van der Waals surface area contributed by atoms with Crippen molar-refractivity contribution in [2.75, 3.05) is 6.54 Å². The number of carboxylic acid groups (broad SMARTS) is 2. The molecular formula is C9H16N2O4S. The van der Waals surface area contributed by atoms with Crippen LogP contribution >= 0.6 is 12.2 Å². The van der Waals surface area contributed by atoms with E-state index in [0.29, 0.717) is 13.0 Å². The topological polar surface area (TPSA) is 98.7 Å². The summed E-state index contributed by atoms with van der Waals surface area (Å²) >= 11 is 4.85. The Labute approximate surface area is 99.0 Å². The molecule has 0 heterocycles. The summed E-state index contributed by atoms with van der Waals surface area (Å²) in [5.41, 5.74) is 0. The van der Waals surface area contributed by atoms with Crippen molar-refractivity contribution in [3.05, 3.63) is 0 Å². The second-order valence-electron chi connectivity index (χ2n) is 3.18. The van der Waals surface area contributed by atoms with Crippen LogP contribution in [0.3, 0.4) is 0 Å². The van der Waals surface area contributed by atoms with Crippen LogP contribution in [0, 0.1) is 0 Å². The van der Waals surface area contributed by atoms with Crippen LogP contribution in [0.1, 0.15) is 26.2 Å². The van der Waals surface area contributed by atoms with Crippen LogP contribution in [-0.2, 0) is 9.59 Å². The van der Waals surface area contributed by atoms with Gasteiger partial charge in [0.15, 0.2) is 5.11 Å². The first-order valence-electron chi connectivity index (χ1n) is 4.96. The first-order chi connectivity index (χ1) is 7.47. The minimum absolute atomic E-state index is 0.0422. The number of carbonyl (C=O) groups is 2. The lowest BCUT2D eigenvalue weighted by atomic mass is 10.1. The summed E-state index contributed by atoms with van der Waals surface area (Å²) in [6.07, 6.45) is 0.487. The average Bonchev–Trinajstić information content (AvgIpc) is 2.15. The van der Waals surface area contributed by atoms with Gasteiger partial charge in [-0.2, -0.15) is 0 Å². The Hall–Kier alpha value is -1.37. The molecule has 92 valence electrons. The van der Waals surface area contributed by atoms with Crippen molar-refractivity contribution in [3.8, 4) is 0 Å². The van der Waals surface area contributed by atoms with Gasteiger partial charge in [0.2, 0.25) is 0 Å². The third kappa shape index (κ3) is 6.99. The van der Waals surface area contributed by atoms with Gasteiger partial charge in [-0.05, 0) is 32.0 Å². The summed E-state index contributed by atoms with van der Waals surface area (Å²) in [6.45, 7) is 2.45. The Morgan fingerprint density at radius 3 is 2.44 bits per heavy atom. The normalized spacial score (nSPS) is 11.6. The Morgan fingerprint density at radius 2 is 2.00 bits per heavy atom. The average molecular weight is 248 g/mol. The number of rotatable bonds is 7. The SMILES string of the molecule is CCNC(=S)NC(CCCC(=O)O)C(=O)O. The summed E-state index contributed by atoms with van der Waals surface area (Å²) in [4.78, 5) is 21.1. The van der Waals surface area contributed by atoms with E-state index in [1.165, 1.54) is 0 Å². The third-order valence-corrected chi connectivity index (χ3v) is 2.09. The standard InChI is InChI=1S/C9H16N2O4S/c1-2-10-9(16)11-6(8(14)15)4-3-5-7(12)13/h6H,2-5H2,1H3,(H,12,13)(H,14,15)(H2,10,11,16). The molecule has 0 saturated heterocycles. The minimum Gasteiger partial charge on any atom is -0.481 e. The van der Waals surface area contributed by atoms with Gasteiger partial charge in [-0.1, -0.05) is 0 Å². The molecule has 0 rings (SSSR count). The van der Waals surface area contributed by atoms with Crippen LogP contribution in [0.4, 0.5) is 0 Å². The zero-order valence-corrected chi connectivity index (χ0v) is 9.84. The lowest BCUT2D eigenvalue weighted by Crippen LogP contribution is -2.45. The van der Waals surface area contributed by atoms with Crippen LogP contribution < -0.4 is 10.6 Å². The molecule has 16 heavy (non-hydrogen) atoms. The summed E-state index contributed by atoms with van der Waals surface area (Å²) in [7, 11) is 0. The molecule has 0 fully saturated rings. The predicted octanol–water partition coefficient (Wildman–Crippen LogP) is 0.179. The first kappa shape index (κ1) is 14.6. The van der Waals surface area contributed by atoms with E-state index >= 15 is 0 Å². The molecule has 7 heteroatoms. The van der Waals surface area contributed by atoms with Crippen molar-refractivity contribution in [2.24, 2.45) is 0 Å². The van der Waals surface area contributed by atoms with E-state index in [2.05, 4.69) is 10.6 Å². The van der Waals surface area contributed by atoms with Gasteiger partial charge in [0, 0.05) is 13.0 Å².